The van der Waals surface area contributed by atoms with Gasteiger partial charge in [-0.25, -0.2) is 4.39 Å². The summed E-state index contributed by atoms with van der Waals surface area (Å²) in [4.78, 5) is 26.5. The molecule has 0 aliphatic rings. The van der Waals surface area contributed by atoms with Gasteiger partial charge in [0.05, 0.1) is 4.92 Å². The Morgan fingerprint density at radius 1 is 1.27 bits per heavy atom. The summed E-state index contributed by atoms with van der Waals surface area (Å²) in [6, 6.07) is 10.3. The average molecular weight is 356 g/mol. The van der Waals surface area contributed by atoms with E-state index >= 15 is 0 Å². The molecule has 26 heavy (non-hydrogen) atoms. The summed E-state index contributed by atoms with van der Waals surface area (Å²) in [5.74, 6) is -0.512. The molecule has 0 spiro atoms. The number of hydrogen-bond donors (Lipinski definition) is 1. The molecule has 1 amide bonds. The van der Waals surface area contributed by atoms with Gasteiger partial charge in [0, 0.05) is 23.3 Å². The third kappa shape index (κ3) is 3.72. The minimum atomic E-state index is -0.604. The number of amides is 1. The third-order valence-corrected chi connectivity index (χ3v) is 3.58. The zero-order valence-electron chi connectivity index (χ0n) is 13.5. The first kappa shape index (κ1) is 17.2. The van der Waals surface area contributed by atoms with Crippen molar-refractivity contribution in [2.75, 3.05) is 0 Å². The summed E-state index contributed by atoms with van der Waals surface area (Å²) in [6.45, 7) is 1.64. The van der Waals surface area contributed by atoms with E-state index in [4.69, 9.17) is 4.52 Å². The first-order chi connectivity index (χ1) is 12.4. The summed E-state index contributed by atoms with van der Waals surface area (Å²) >= 11 is 0. The monoisotopic (exact) mass is 356 g/mol. The van der Waals surface area contributed by atoms with Crippen molar-refractivity contribution in [2.24, 2.45) is 0 Å². The number of non-ortho nitro benzene ring substituents is 1. The molecule has 1 N–H and O–H groups in total. The van der Waals surface area contributed by atoms with Crippen LogP contribution in [0.15, 0.2) is 53.1 Å². The Kier molecular flexibility index (Phi) is 4.70. The van der Waals surface area contributed by atoms with E-state index in [1.807, 2.05) is 0 Å². The van der Waals surface area contributed by atoms with E-state index in [0.29, 0.717) is 5.56 Å². The molecule has 0 bridgehead atoms. The number of nitro benzene ring substituents is 1. The van der Waals surface area contributed by atoms with Crippen molar-refractivity contribution >= 4 is 11.6 Å². The van der Waals surface area contributed by atoms with Gasteiger partial charge in [0.2, 0.25) is 11.7 Å². The van der Waals surface area contributed by atoms with Crippen molar-refractivity contribution < 1.29 is 18.6 Å². The van der Waals surface area contributed by atoms with Gasteiger partial charge < -0.3 is 9.84 Å². The van der Waals surface area contributed by atoms with Crippen LogP contribution in [0.2, 0.25) is 0 Å². The Labute approximate surface area is 146 Å². The highest BCUT2D eigenvalue weighted by Gasteiger charge is 2.19. The molecule has 3 rings (SSSR count). The molecule has 1 aromatic heterocycles. The van der Waals surface area contributed by atoms with E-state index < -0.39 is 22.7 Å². The Bertz CT molecular complexity index is 955. The molecule has 2 aromatic carbocycles. The molecule has 1 atom stereocenters. The molecule has 8 nitrogen and oxygen atoms in total. The lowest BCUT2D eigenvalue weighted by Crippen LogP contribution is -2.26. The van der Waals surface area contributed by atoms with Crippen molar-refractivity contribution in [2.45, 2.75) is 13.0 Å². The average Bonchev–Trinajstić information content (AvgIpc) is 3.12. The fourth-order valence-corrected chi connectivity index (χ4v) is 2.23. The molecular formula is C17H13FN4O4. The minimum Gasteiger partial charge on any atom is -0.341 e. The number of benzene rings is 2. The van der Waals surface area contributed by atoms with Crippen LogP contribution in [0.25, 0.3) is 11.4 Å². The molecule has 0 aliphatic heterocycles. The normalized spacial score (nSPS) is 11.8. The first-order valence-corrected chi connectivity index (χ1v) is 7.59. The second-order valence-corrected chi connectivity index (χ2v) is 5.47. The molecule has 1 heterocycles. The lowest BCUT2D eigenvalue weighted by Gasteiger charge is -2.09. The van der Waals surface area contributed by atoms with Crippen molar-refractivity contribution in [1.29, 1.82) is 0 Å². The molecule has 0 saturated carbocycles. The Morgan fingerprint density at radius 2 is 2.00 bits per heavy atom. The largest absolute Gasteiger partial charge is 0.341 e. The second-order valence-electron chi connectivity index (χ2n) is 5.47. The van der Waals surface area contributed by atoms with Crippen LogP contribution in [0.5, 0.6) is 0 Å². The van der Waals surface area contributed by atoms with Gasteiger partial charge in [-0.05, 0) is 31.2 Å². The topological polar surface area (TPSA) is 111 Å². The summed E-state index contributed by atoms with van der Waals surface area (Å²) in [6.07, 6.45) is 0. The number of carbonyl (C=O) groups is 1. The maximum absolute atomic E-state index is 13.3. The molecule has 0 saturated heterocycles. The SMILES string of the molecule is CC(NC(=O)c1ccc([N+](=O)[O-])cc1)c1nc(-c2cccc(F)c2)no1. The van der Waals surface area contributed by atoms with E-state index in [2.05, 4.69) is 15.5 Å². The van der Waals surface area contributed by atoms with Gasteiger partial charge in [0.1, 0.15) is 11.9 Å². The van der Waals surface area contributed by atoms with Gasteiger partial charge in [-0.1, -0.05) is 17.3 Å². The van der Waals surface area contributed by atoms with Crippen molar-refractivity contribution in [3.05, 3.63) is 75.9 Å². The first-order valence-electron chi connectivity index (χ1n) is 7.59. The lowest BCUT2D eigenvalue weighted by atomic mass is 10.2. The number of halogens is 1. The summed E-state index contributed by atoms with van der Waals surface area (Å²) in [7, 11) is 0. The zero-order chi connectivity index (χ0) is 18.7. The lowest BCUT2D eigenvalue weighted by molar-refractivity contribution is -0.384. The number of nitrogens with zero attached hydrogens (tertiary/aromatic N) is 3. The highest BCUT2D eigenvalue weighted by atomic mass is 19.1. The van der Waals surface area contributed by atoms with E-state index in [1.165, 1.54) is 42.5 Å². The number of hydrogen-bond acceptors (Lipinski definition) is 6. The Balaban J connectivity index is 1.71. The predicted molar refractivity (Wildman–Crippen MR) is 88.7 cm³/mol. The van der Waals surface area contributed by atoms with E-state index in [9.17, 15) is 19.3 Å². The van der Waals surface area contributed by atoms with Crippen LogP contribution in [-0.4, -0.2) is 21.0 Å². The second kappa shape index (κ2) is 7.09. The number of nitro groups is 1. The van der Waals surface area contributed by atoms with Gasteiger partial charge in [-0.15, -0.1) is 0 Å². The highest BCUT2D eigenvalue weighted by molar-refractivity contribution is 5.94. The van der Waals surface area contributed by atoms with Gasteiger partial charge in [-0.3, -0.25) is 14.9 Å². The molecule has 0 fully saturated rings. The molecule has 1 unspecified atom stereocenters. The van der Waals surface area contributed by atoms with Crippen molar-refractivity contribution in [3.8, 4) is 11.4 Å². The highest BCUT2D eigenvalue weighted by Crippen LogP contribution is 2.20. The fourth-order valence-electron chi connectivity index (χ4n) is 2.23. The minimum absolute atomic E-state index is 0.105. The van der Waals surface area contributed by atoms with Crippen LogP contribution in [0.4, 0.5) is 10.1 Å². The summed E-state index contributed by atoms with van der Waals surface area (Å²) < 4.78 is 18.4. The molecule has 132 valence electrons. The van der Waals surface area contributed by atoms with Crippen LogP contribution >= 0.6 is 0 Å². The summed E-state index contributed by atoms with van der Waals surface area (Å²) in [5.41, 5.74) is 0.604. The molecule has 3 aromatic rings. The Morgan fingerprint density at radius 3 is 2.65 bits per heavy atom. The van der Waals surface area contributed by atoms with Crippen LogP contribution in [0.1, 0.15) is 29.2 Å². The van der Waals surface area contributed by atoms with Crippen molar-refractivity contribution in [1.82, 2.24) is 15.5 Å². The zero-order valence-corrected chi connectivity index (χ0v) is 13.5. The molecular weight excluding hydrogens is 343 g/mol. The number of aromatic nitrogens is 2. The smallest absolute Gasteiger partial charge is 0.269 e. The van der Waals surface area contributed by atoms with Crippen LogP contribution in [-0.2, 0) is 0 Å². The third-order valence-electron chi connectivity index (χ3n) is 3.58. The number of rotatable bonds is 5. The summed E-state index contributed by atoms with van der Waals surface area (Å²) in [5, 5.41) is 17.1. The molecule has 0 aliphatic carbocycles. The van der Waals surface area contributed by atoms with Gasteiger partial charge in [0.15, 0.2) is 0 Å². The van der Waals surface area contributed by atoms with Gasteiger partial charge in [0.25, 0.3) is 11.6 Å². The predicted octanol–water partition coefficient (Wildman–Crippen LogP) is 3.27. The van der Waals surface area contributed by atoms with E-state index in [0.717, 1.165) is 0 Å². The standard InChI is InChI=1S/C17H13FN4O4/c1-10(19-16(23)11-5-7-14(8-6-11)22(24)25)17-20-15(21-26-17)12-3-2-4-13(18)9-12/h2-10H,1H3,(H,19,23). The quantitative estimate of drug-likeness (QED) is 0.555. The van der Waals surface area contributed by atoms with Crippen LogP contribution < -0.4 is 5.32 Å². The van der Waals surface area contributed by atoms with E-state index in [1.54, 1.807) is 13.0 Å². The van der Waals surface area contributed by atoms with Crippen LogP contribution in [0.3, 0.4) is 0 Å². The van der Waals surface area contributed by atoms with Crippen molar-refractivity contribution in [3.63, 3.8) is 0 Å². The maximum Gasteiger partial charge on any atom is 0.269 e. The van der Waals surface area contributed by atoms with Gasteiger partial charge in [-0.2, -0.15) is 4.98 Å². The fraction of sp³-hybridized carbons (Fsp3) is 0.118. The molecule has 0 radical (unpaired) electrons. The maximum atomic E-state index is 13.3. The molecule has 9 heteroatoms. The number of nitrogens with one attached hydrogen (secondary N) is 1. The Hall–Kier alpha value is -3.62. The van der Waals surface area contributed by atoms with Gasteiger partial charge >= 0.3 is 0 Å². The number of carbonyl (C=O) groups excluding carboxylic acids is 1. The van der Waals surface area contributed by atoms with E-state index in [-0.39, 0.29) is 23.0 Å². The van der Waals surface area contributed by atoms with Crippen LogP contribution in [0, 0.1) is 15.9 Å².